The number of hydrogen-bond acceptors (Lipinski definition) is 3. The van der Waals surface area contributed by atoms with Crippen molar-refractivity contribution < 1.29 is 4.74 Å². The quantitative estimate of drug-likeness (QED) is 0.860. The first-order chi connectivity index (χ1) is 9.59. The van der Waals surface area contributed by atoms with E-state index < -0.39 is 0 Å². The van der Waals surface area contributed by atoms with Gasteiger partial charge in [-0.15, -0.1) is 0 Å². The van der Waals surface area contributed by atoms with Crippen molar-refractivity contribution in [2.24, 2.45) is 5.41 Å². The number of likely N-dealkylation sites (tertiary alicyclic amines) is 1. The van der Waals surface area contributed by atoms with E-state index in [0.717, 1.165) is 6.61 Å². The molecule has 1 spiro atoms. The molecular weight excluding hydrogens is 248 g/mol. The van der Waals surface area contributed by atoms with E-state index in [1.165, 1.54) is 71.0 Å². The normalized spacial score (nSPS) is 33.6. The van der Waals surface area contributed by atoms with E-state index in [2.05, 4.69) is 24.2 Å². The van der Waals surface area contributed by atoms with E-state index in [9.17, 15) is 0 Å². The molecule has 1 aliphatic carbocycles. The van der Waals surface area contributed by atoms with Crippen molar-refractivity contribution >= 4 is 0 Å². The molecule has 0 radical (unpaired) electrons. The number of nitrogens with one attached hydrogen (secondary N) is 1. The van der Waals surface area contributed by atoms with Crippen LogP contribution < -0.4 is 5.32 Å². The lowest BCUT2D eigenvalue weighted by molar-refractivity contribution is -0.0847. The summed E-state index contributed by atoms with van der Waals surface area (Å²) in [6.07, 6.45) is 10.5. The first-order valence-electron chi connectivity index (χ1n) is 8.65. The van der Waals surface area contributed by atoms with Gasteiger partial charge in [0.05, 0.1) is 5.60 Å². The van der Waals surface area contributed by atoms with Crippen LogP contribution in [-0.4, -0.2) is 49.8 Å². The van der Waals surface area contributed by atoms with Gasteiger partial charge in [-0.1, -0.05) is 19.8 Å². The van der Waals surface area contributed by atoms with Crippen LogP contribution in [0.1, 0.15) is 58.3 Å². The molecule has 1 atom stereocenters. The summed E-state index contributed by atoms with van der Waals surface area (Å²) in [6.45, 7) is 7.15. The zero-order valence-electron chi connectivity index (χ0n) is 13.4. The molecule has 0 amide bonds. The molecule has 20 heavy (non-hydrogen) atoms. The van der Waals surface area contributed by atoms with Crippen LogP contribution in [0.3, 0.4) is 0 Å². The Bertz CT molecular complexity index is 317. The molecule has 3 aliphatic rings. The second-order valence-electron chi connectivity index (χ2n) is 7.92. The highest BCUT2D eigenvalue weighted by atomic mass is 16.5. The van der Waals surface area contributed by atoms with Gasteiger partial charge in [-0.25, -0.2) is 0 Å². The smallest absolute Gasteiger partial charge is 0.0697 e. The maximum Gasteiger partial charge on any atom is 0.0697 e. The molecule has 116 valence electrons. The second kappa shape index (κ2) is 5.94. The molecule has 3 heteroatoms. The molecule has 0 aromatic heterocycles. The number of nitrogens with zero attached hydrogens (tertiary/aromatic N) is 1. The molecule has 1 saturated carbocycles. The second-order valence-corrected chi connectivity index (χ2v) is 7.92. The zero-order chi connectivity index (χ0) is 14.1. The highest BCUT2D eigenvalue weighted by molar-refractivity contribution is 4.94. The Kier molecular flexibility index (Phi) is 4.40. The van der Waals surface area contributed by atoms with E-state index in [-0.39, 0.29) is 5.60 Å². The van der Waals surface area contributed by atoms with E-state index in [1.54, 1.807) is 0 Å². The maximum absolute atomic E-state index is 6.14. The Balaban J connectivity index is 1.48. The average Bonchev–Trinajstić information content (AvgIpc) is 2.89. The minimum Gasteiger partial charge on any atom is -0.375 e. The summed E-state index contributed by atoms with van der Waals surface area (Å²) < 4.78 is 6.14. The maximum atomic E-state index is 6.14. The molecule has 3 nitrogen and oxygen atoms in total. The van der Waals surface area contributed by atoms with Crippen LogP contribution in [0, 0.1) is 5.41 Å². The Morgan fingerprint density at radius 2 is 1.85 bits per heavy atom. The Morgan fingerprint density at radius 1 is 1.15 bits per heavy atom. The van der Waals surface area contributed by atoms with Gasteiger partial charge < -0.3 is 15.0 Å². The topological polar surface area (TPSA) is 24.5 Å². The fraction of sp³-hybridized carbons (Fsp3) is 1.00. The zero-order valence-corrected chi connectivity index (χ0v) is 13.4. The third-order valence-corrected chi connectivity index (χ3v) is 6.02. The van der Waals surface area contributed by atoms with Crippen molar-refractivity contribution in [2.75, 3.05) is 33.3 Å². The first-order valence-corrected chi connectivity index (χ1v) is 8.65. The molecule has 0 bridgehead atoms. The van der Waals surface area contributed by atoms with Gasteiger partial charge in [0.25, 0.3) is 0 Å². The van der Waals surface area contributed by atoms with Crippen molar-refractivity contribution in [3.63, 3.8) is 0 Å². The lowest BCUT2D eigenvalue weighted by Crippen LogP contribution is -2.49. The lowest BCUT2D eigenvalue weighted by atomic mass is 9.79. The summed E-state index contributed by atoms with van der Waals surface area (Å²) in [5.74, 6) is 0. The summed E-state index contributed by atoms with van der Waals surface area (Å²) in [5.41, 5.74) is 0.761. The summed E-state index contributed by atoms with van der Waals surface area (Å²) in [7, 11) is 2.25. The molecule has 2 aliphatic heterocycles. The number of ether oxygens (including phenoxy) is 1. The van der Waals surface area contributed by atoms with E-state index in [4.69, 9.17) is 4.74 Å². The van der Waals surface area contributed by atoms with Gasteiger partial charge in [0.1, 0.15) is 0 Å². The predicted molar refractivity (Wildman–Crippen MR) is 83.0 cm³/mol. The minimum absolute atomic E-state index is 0.254. The van der Waals surface area contributed by atoms with Crippen LogP contribution in [0.5, 0.6) is 0 Å². The van der Waals surface area contributed by atoms with Gasteiger partial charge in [0.2, 0.25) is 0 Å². The molecule has 0 aromatic carbocycles. The van der Waals surface area contributed by atoms with Crippen molar-refractivity contribution in [2.45, 2.75) is 69.9 Å². The van der Waals surface area contributed by atoms with Crippen molar-refractivity contribution in [3.8, 4) is 0 Å². The highest BCUT2D eigenvalue weighted by Gasteiger charge is 2.40. The molecular formula is C17H32N2O. The molecule has 1 N–H and O–H groups in total. The van der Waals surface area contributed by atoms with Crippen LogP contribution >= 0.6 is 0 Å². The minimum atomic E-state index is 0.254. The van der Waals surface area contributed by atoms with Crippen molar-refractivity contribution in [1.29, 1.82) is 0 Å². The van der Waals surface area contributed by atoms with Crippen LogP contribution in [0.2, 0.25) is 0 Å². The summed E-state index contributed by atoms with van der Waals surface area (Å²) in [5, 5.41) is 3.90. The highest BCUT2D eigenvalue weighted by Crippen LogP contribution is 2.40. The van der Waals surface area contributed by atoms with Crippen LogP contribution in [-0.2, 0) is 4.74 Å². The van der Waals surface area contributed by atoms with Gasteiger partial charge in [0.15, 0.2) is 0 Å². The van der Waals surface area contributed by atoms with Crippen LogP contribution in [0.15, 0.2) is 0 Å². The molecule has 3 rings (SSSR count). The lowest BCUT2D eigenvalue weighted by Gasteiger charge is -2.42. The Hall–Kier alpha value is -0.120. The van der Waals surface area contributed by atoms with Crippen molar-refractivity contribution in [1.82, 2.24) is 10.2 Å². The van der Waals surface area contributed by atoms with E-state index in [0.29, 0.717) is 11.5 Å². The van der Waals surface area contributed by atoms with E-state index in [1.807, 2.05) is 0 Å². The largest absolute Gasteiger partial charge is 0.375 e. The standard InChI is InChI=1S/C17H32N2O/c1-16(8-10-19(2)11-9-16)14-18-15-5-12-20-17(13-15)6-3-4-7-17/h15,18H,3-14H2,1-2H3. The monoisotopic (exact) mass is 280 g/mol. The Labute approximate surface area is 124 Å². The van der Waals surface area contributed by atoms with Gasteiger partial charge in [-0.2, -0.15) is 0 Å². The van der Waals surface area contributed by atoms with Crippen molar-refractivity contribution in [3.05, 3.63) is 0 Å². The number of piperidine rings is 1. The average molecular weight is 280 g/mol. The predicted octanol–water partition coefficient (Wildman–Crippen LogP) is 2.80. The Morgan fingerprint density at radius 3 is 2.55 bits per heavy atom. The fourth-order valence-electron chi connectivity index (χ4n) is 4.30. The van der Waals surface area contributed by atoms with Gasteiger partial charge >= 0.3 is 0 Å². The molecule has 2 saturated heterocycles. The summed E-state index contributed by atoms with van der Waals surface area (Å²) >= 11 is 0. The van der Waals surface area contributed by atoms with Gasteiger partial charge in [0, 0.05) is 19.2 Å². The van der Waals surface area contributed by atoms with Crippen LogP contribution in [0.25, 0.3) is 0 Å². The molecule has 0 aromatic rings. The molecule has 2 heterocycles. The number of hydrogen-bond donors (Lipinski definition) is 1. The fourth-order valence-corrected chi connectivity index (χ4v) is 4.30. The van der Waals surface area contributed by atoms with Gasteiger partial charge in [-0.3, -0.25) is 0 Å². The summed E-state index contributed by atoms with van der Waals surface area (Å²) in [6, 6.07) is 0.693. The van der Waals surface area contributed by atoms with E-state index >= 15 is 0 Å². The SMILES string of the molecule is CN1CCC(C)(CNC2CCOC3(CCCC3)C2)CC1. The first kappa shape index (κ1) is 14.8. The summed E-state index contributed by atoms with van der Waals surface area (Å²) in [4.78, 5) is 2.46. The third-order valence-electron chi connectivity index (χ3n) is 6.02. The molecule has 1 unspecified atom stereocenters. The molecule has 3 fully saturated rings. The van der Waals surface area contributed by atoms with Gasteiger partial charge in [-0.05, 0) is 64.1 Å². The van der Waals surface area contributed by atoms with Crippen LogP contribution in [0.4, 0.5) is 0 Å². The third kappa shape index (κ3) is 3.37. The number of rotatable bonds is 3.